The molecule has 0 unspecified atom stereocenters. The summed E-state index contributed by atoms with van der Waals surface area (Å²) >= 11 is 0. The van der Waals surface area contributed by atoms with E-state index in [-0.39, 0.29) is 42.1 Å². The van der Waals surface area contributed by atoms with Crippen LogP contribution in [0.15, 0.2) is 47.3 Å². The molecule has 1 amide bonds. The molecule has 0 saturated carbocycles. The lowest BCUT2D eigenvalue weighted by Gasteiger charge is -2.29. The largest absolute Gasteiger partial charge is 0.396 e. The van der Waals surface area contributed by atoms with Crippen LogP contribution in [0.25, 0.3) is 5.57 Å². The average Bonchev–Trinajstić information content (AvgIpc) is 3.38. The van der Waals surface area contributed by atoms with Crippen LogP contribution in [0.5, 0.6) is 0 Å². The monoisotopic (exact) mass is 445 g/mol. The fraction of sp³-hybridized carbons (Fsp3) is 0.481. The van der Waals surface area contributed by atoms with Gasteiger partial charge >= 0.3 is 0 Å². The smallest absolute Gasteiger partial charge is 0.258 e. The Labute approximate surface area is 193 Å². The van der Waals surface area contributed by atoms with Crippen molar-refractivity contribution in [3.8, 4) is 0 Å². The molecule has 6 rings (SSSR count). The second kappa shape index (κ2) is 8.26. The molecule has 2 aliphatic heterocycles. The van der Waals surface area contributed by atoms with Crippen LogP contribution in [-0.2, 0) is 24.2 Å². The van der Waals surface area contributed by atoms with Gasteiger partial charge in [-0.3, -0.25) is 9.59 Å². The molecule has 1 aromatic carbocycles. The van der Waals surface area contributed by atoms with Crippen LogP contribution in [0, 0.1) is 11.8 Å². The number of pyridine rings is 1. The number of hydrogen-bond acceptors (Lipinski definition) is 4. The highest BCUT2D eigenvalue weighted by atomic mass is 16.3. The summed E-state index contributed by atoms with van der Waals surface area (Å²) in [7, 11) is 0. The Morgan fingerprint density at radius 2 is 1.91 bits per heavy atom. The number of nitrogens with zero attached hydrogens (tertiary/aromatic N) is 1. The number of amides is 1. The zero-order valence-corrected chi connectivity index (χ0v) is 18.8. The van der Waals surface area contributed by atoms with E-state index < -0.39 is 5.92 Å². The minimum absolute atomic E-state index is 0.0215. The first-order chi connectivity index (χ1) is 16.1. The third-order valence-electron chi connectivity index (χ3n) is 8.18. The highest BCUT2D eigenvalue weighted by Crippen LogP contribution is 2.41. The second-order valence-corrected chi connectivity index (χ2v) is 10.1. The summed E-state index contributed by atoms with van der Waals surface area (Å²) in [5.41, 5.74) is 5.45. The van der Waals surface area contributed by atoms with Crippen molar-refractivity contribution in [1.29, 1.82) is 0 Å². The second-order valence-electron chi connectivity index (χ2n) is 10.1. The number of carbonyl (C=O) groups is 1. The number of carbonyl (C=O) groups excluding carboxylic acids is 1. The van der Waals surface area contributed by atoms with Crippen LogP contribution in [-0.4, -0.2) is 34.3 Å². The van der Waals surface area contributed by atoms with Crippen LogP contribution < -0.4 is 16.2 Å². The maximum absolute atomic E-state index is 13.5. The number of rotatable bonds is 4. The Morgan fingerprint density at radius 1 is 1.12 bits per heavy atom. The maximum Gasteiger partial charge on any atom is 0.258 e. The molecular weight excluding hydrogens is 414 g/mol. The summed E-state index contributed by atoms with van der Waals surface area (Å²) in [5.74, 6) is -0.626. The summed E-state index contributed by atoms with van der Waals surface area (Å²) in [4.78, 5) is 27.0. The lowest BCUT2D eigenvalue weighted by Crippen LogP contribution is -2.44. The summed E-state index contributed by atoms with van der Waals surface area (Å²) in [6.45, 7) is 0.424. The van der Waals surface area contributed by atoms with E-state index in [9.17, 15) is 14.7 Å². The van der Waals surface area contributed by atoms with Crippen molar-refractivity contribution >= 4 is 11.5 Å². The lowest BCUT2D eigenvalue weighted by atomic mass is 9.86. The van der Waals surface area contributed by atoms with Gasteiger partial charge in [0, 0.05) is 42.4 Å². The van der Waals surface area contributed by atoms with E-state index in [2.05, 4.69) is 28.8 Å². The van der Waals surface area contributed by atoms with Crippen molar-refractivity contribution in [2.75, 3.05) is 6.61 Å². The van der Waals surface area contributed by atoms with Crippen molar-refractivity contribution in [2.24, 2.45) is 11.8 Å². The first-order valence-corrected chi connectivity index (χ1v) is 12.3. The van der Waals surface area contributed by atoms with E-state index in [0.29, 0.717) is 6.54 Å². The Hall–Kier alpha value is -2.70. The maximum atomic E-state index is 13.5. The molecule has 3 heterocycles. The van der Waals surface area contributed by atoms with Gasteiger partial charge < -0.3 is 20.3 Å². The number of aliphatic hydroxyl groups is 1. The van der Waals surface area contributed by atoms with E-state index in [1.807, 2.05) is 28.8 Å². The average molecular weight is 446 g/mol. The predicted octanol–water partition coefficient (Wildman–Crippen LogP) is 2.34. The first kappa shape index (κ1) is 20.9. The van der Waals surface area contributed by atoms with Crippen LogP contribution in [0.2, 0.25) is 0 Å². The standard InChI is InChI=1S/C27H31N3O3/c31-15-21-22-14-30-23(11-10-20(27(30)33)16-6-2-1-3-7-16)25(29-22)24(21)26(32)28-19-12-17-8-4-5-9-18(17)13-19/h4-6,8-11,19,21-22,24-25,29,31H,1-3,7,12-15H2,(H,28,32)/t21-,22-,24+,25+/m0/s1. The molecule has 33 heavy (non-hydrogen) atoms. The molecule has 0 radical (unpaired) electrons. The van der Waals surface area contributed by atoms with Crippen molar-refractivity contribution in [2.45, 2.75) is 63.2 Å². The molecule has 4 atom stereocenters. The Morgan fingerprint density at radius 3 is 2.61 bits per heavy atom. The molecule has 3 N–H and O–H groups in total. The zero-order chi connectivity index (χ0) is 22.5. The molecule has 6 nitrogen and oxygen atoms in total. The minimum atomic E-state index is -0.392. The number of fused-ring (bicyclic) bond motifs is 5. The van der Waals surface area contributed by atoms with Gasteiger partial charge in [-0.2, -0.15) is 0 Å². The Bertz CT molecular complexity index is 1160. The van der Waals surface area contributed by atoms with Crippen LogP contribution >= 0.6 is 0 Å². The molecule has 1 saturated heterocycles. The molecule has 1 fully saturated rings. The number of nitrogens with one attached hydrogen (secondary N) is 2. The fourth-order valence-electron chi connectivity index (χ4n) is 6.53. The van der Waals surface area contributed by atoms with Gasteiger partial charge in [0.15, 0.2) is 0 Å². The molecule has 0 spiro atoms. The summed E-state index contributed by atoms with van der Waals surface area (Å²) in [6, 6.07) is 12.0. The van der Waals surface area contributed by atoms with Crippen LogP contribution in [0.4, 0.5) is 0 Å². The van der Waals surface area contributed by atoms with Gasteiger partial charge in [-0.25, -0.2) is 0 Å². The molecule has 2 aromatic rings. The van der Waals surface area contributed by atoms with Crippen molar-refractivity contribution in [3.05, 3.63) is 75.2 Å². The summed E-state index contributed by atoms with van der Waals surface area (Å²) in [6.07, 6.45) is 8.18. The van der Waals surface area contributed by atoms with Crippen molar-refractivity contribution < 1.29 is 9.90 Å². The highest BCUT2D eigenvalue weighted by Gasteiger charge is 2.51. The summed E-state index contributed by atoms with van der Waals surface area (Å²) < 4.78 is 1.86. The van der Waals surface area contributed by atoms with Gasteiger partial charge in [-0.05, 0) is 67.4 Å². The zero-order valence-electron chi connectivity index (χ0n) is 18.8. The van der Waals surface area contributed by atoms with Gasteiger partial charge in [-0.15, -0.1) is 0 Å². The first-order valence-electron chi connectivity index (χ1n) is 12.3. The number of hydrogen-bond donors (Lipinski definition) is 3. The molecule has 2 aliphatic carbocycles. The Balaban J connectivity index is 1.28. The molecule has 6 heteroatoms. The highest BCUT2D eigenvalue weighted by molar-refractivity contribution is 5.81. The Kier molecular flexibility index (Phi) is 5.23. The number of benzene rings is 1. The van der Waals surface area contributed by atoms with E-state index >= 15 is 0 Å². The van der Waals surface area contributed by atoms with E-state index in [1.54, 1.807) is 0 Å². The van der Waals surface area contributed by atoms with Gasteiger partial charge in [0.2, 0.25) is 5.91 Å². The van der Waals surface area contributed by atoms with Gasteiger partial charge in [0.25, 0.3) is 5.56 Å². The predicted molar refractivity (Wildman–Crippen MR) is 127 cm³/mol. The SMILES string of the molecule is O=C(NC1Cc2ccccc2C1)[C@@H]1[C@@H](CO)[C@@H]2Cn3c(ccc(C4=CCCCC4)c3=O)[C@H]1N2. The van der Waals surface area contributed by atoms with E-state index in [0.717, 1.165) is 48.9 Å². The van der Waals surface area contributed by atoms with Crippen LogP contribution in [0.3, 0.4) is 0 Å². The van der Waals surface area contributed by atoms with Gasteiger partial charge in [-0.1, -0.05) is 30.3 Å². The van der Waals surface area contributed by atoms with Gasteiger partial charge in [0.05, 0.1) is 12.0 Å². The third-order valence-corrected chi connectivity index (χ3v) is 8.18. The minimum Gasteiger partial charge on any atom is -0.396 e. The number of aliphatic hydroxyl groups excluding tert-OH is 1. The number of aromatic nitrogens is 1. The quantitative estimate of drug-likeness (QED) is 0.675. The lowest BCUT2D eigenvalue weighted by molar-refractivity contribution is -0.127. The van der Waals surface area contributed by atoms with E-state index in [1.165, 1.54) is 17.5 Å². The molecule has 4 aliphatic rings. The molecule has 2 bridgehead atoms. The van der Waals surface area contributed by atoms with Crippen LogP contribution in [0.1, 0.15) is 54.1 Å². The van der Waals surface area contributed by atoms with Gasteiger partial charge in [0.1, 0.15) is 0 Å². The van der Waals surface area contributed by atoms with E-state index in [4.69, 9.17) is 0 Å². The van der Waals surface area contributed by atoms with Crippen molar-refractivity contribution in [1.82, 2.24) is 15.2 Å². The summed E-state index contributed by atoms with van der Waals surface area (Å²) in [5, 5.41) is 17.0. The molecule has 1 aromatic heterocycles. The molecule has 172 valence electrons. The fourth-order valence-corrected chi connectivity index (χ4v) is 6.53. The molecular formula is C27H31N3O3. The van der Waals surface area contributed by atoms with Crippen molar-refractivity contribution in [3.63, 3.8) is 0 Å². The number of allylic oxidation sites excluding steroid dienone is 2. The normalized spacial score (nSPS) is 28.2. The third kappa shape index (κ3) is 3.47. The topological polar surface area (TPSA) is 83.4 Å².